The number of hydrogen-bond acceptors (Lipinski definition) is 6. The fourth-order valence-electron chi connectivity index (χ4n) is 3.33. The van der Waals surface area contributed by atoms with Gasteiger partial charge in [-0.3, -0.25) is 4.79 Å². The molecule has 9 heteroatoms. The van der Waals surface area contributed by atoms with Crippen molar-refractivity contribution in [2.75, 3.05) is 18.5 Å². The first-order chi connectivity index (χ1) is 14.3. The first-order valence-electron chi connectivity index (χ1n) is 9.40. The molecule has 1 amide bonds. The van der Waals surface area contributed by atoms with Crippen molar-refractivity contribution in [2.45, 2.75) is 25.9 Å². The maximum atomic E-state index is 12.0. The van der Waals surface area contributed by atoms with E-state index in [4.69, 9.17) is 14.2 Å². The van der Waals surface area contributed by atoms with Crippen LogP contribution in [0.4, 0.5) is 5.69 Å². The smallest absolute Gasteiger partial charge is 0.344 e. The van der Waals surface area contributed by atoms with Crippen LogP contribution >= 0.6 is 0 Å². The predicted octanol–water partition coefficient (Wildman–Crippen LogP) is 2.13. The van der Waals surface area contributed by atoms with Crippen molar-refractivity contribution >= 4 is 28.6 Å². The van der Waals surface area contributed by atoms with E-state index in [0.717, 1.165) is 12.0 Å². The molecule has 0 aliphatic carbocycles. The molecule has 0 radical (unpaired) electrons. The number of imidazole rings is 1. The van der Waals surface area contributed by atoms with Crippen LogP contribution < -0.4 is 20.5 Å². The number of aromatic amines is 2. The zero-order chi connectivity index (χ0) is 21.3. The Balaban J connectivity index is 1.27. The molecule has 4 rings (SSSR count). The number of carbonyl (C=O) groups excluding carboxylic acids is 2. The van der Waals surface area contributed by atoms with Crippen LogP contribution in [0.2, 0.25) is 0 Å². The first kappa shape index (κ1) is 19.6. The van der Waals surface area contributed by atoms with Crippen molar-refractivity contribution in [3.8, 4) is 11.5 Å². The van der Waals surface area contributed by atoms with Crippen molar-refractivity contribution in [2.24, 2.45) is 0 Å². The lowest BCUT2D eigenvalue weighted by atomic mass is 10.0. The fraction of sp³-hybridized carbons (Fsp3) is 0.286. The number of benzene rings is 2. The second kappa shape index (κ2) is 7.58. The molecule has 30 heavy (non-hydrogen) atoms. The molecule has 1 aromatic heterocycles. The van der Waals surface area contributed by atoms with E-state index in [-0.39, 0.29) is 17.9 Å². The standard InChI is InChI=1S/C21H21N3O6/c1-21(2)9-12-4-3-5-16(19(12)30-21)28-11-18(26)29-10-17(25)22-13-6-7-14-15(8-13)24-20(27)23-14/h3-8H,9-11H2,1-2H3,(H,22,25)(H2,23,24,27). The zero-order valence-electron chi connectivity index (χ0n) is 16.5. The minimum absolute atomic E-state index is 0.323. The molecule has 0 bridgehead atoms. The van der Waals surface area contributed by atoms with Crippen molar-refractivity contribution in [1.82, 2.24) is 9.97 Å². The molecule has 0 saturated carbocycles. The number of nitrogens with one attached hydrogen (secondary N) is 3. The highest BCUT2D eigenvalue weighted by molar-refractivity contribution is 5.94. The molecule has 0 unspecified atom stereocenters. The van der Waals surface area contributed by atoms with E-state index < -0.39 is 18.5 Å². The monoisotopic (exact) mass is 411 g/mol. The van der Waals surface area contributed by atoms with Gasteiger partial charge in [-0.15, -0.1) is 0 Å². The third kappa shape index (κ3) is 4.29. The summed E-state index contributed by atoms with van der Waals surface area (Å²) in [6.45, 7) is 3.16. The minimum Gasteiger partial charge on any atom is -0.483 e. The van der Waals surface area contributed by atoms with Gasteiger partial charge >= 0.3 is 11.7 Å². The van der Waals surface area contributed by atoms with Gasteiger partial charge in [0.1, 0.15) is 5.60 Å². The molecule has 2 aromatic carbocycles. The van der Waals surface area contributed by atoms with Gasteiger partial charge in [-0.05, 0) is 38.1 Å². The van der Waals surface area contributed by atoms with Gasteiger partial charge in [0.25, 0.3) is 5.91 Å². The third-order valence-electron chi connectivity index (χ3n) is 4.56. The Morgan fingerprint density at radius 3 is 2.77 bits per heavy atom. The summed E-state index contributed by atoms with van der Waals surface area (Å²) in [5.41, 5.74) is 2.02. The van der Waals surface area contributed by atoms with Gasteiger partial charge in [0.15, 0.2) is 24.7 Å². The summed E-state index contributed by atoms with van der Waals surface area (Å²) in [5, 5.41) is 2.60. The molecule has 1 aliphatic heterocycles. The average molecular weight is 411 g/mol. The van der Waals surface area contributed by atoms with Gasteiger partial charge in [-0.25, -0.2) is 9.59 Å². The number of amides is 1. The van der Waals surface area contributed by atoms with Gasteiger partial charge in [0.05, 0.1) is 11.0 Å². The van der Waals surface area contributed by atoms with Gasteiger partial charge in [-0.1, -0.05) is 12.1 Å². The lowest BCUT2D eigenvalue weighted by Gasteiger charge is -2.18. The van der Waals surface area contributed by atoms with Crippen molar-refractivity contribution in [3.05, 3.63) is 52.4 Å². The van der Waals surface area contributed by atoms with E-state index in [0.29, 0.717) is 28.2 Å². The Morgan fingerprint density at radius 1 is 1.13 bits per heavy atom. The lowest BCUT2D eigenvalue weighted by molar-refractivity contribution is -0.149. The second-order valence-electron chi connectivity index (χ2n) is 7.62. The van der Waals surface area contributed by atoms with Crippen LogP contribution in [-0.4, -0.2) is 40.7 Å². The number of ether oxygens (including phenoxy) is 3. The molecule has 0 saturated heterocycles. The number of rotatable bonds is 6. The quantitative estimate of drug-likeness (QED) is 0.534. The van der Waals surface area contributed by atoms with Gasteiger partial charge in [-0.2, -0.15) is 0 Å². The van der Waals surface area contributed by atoms with Gasteiger partial charge in [0.2, 0.25) is 0 Å². The number of carbonyl (C=O) groups is 2. The van der Waals surface area contributed by atoms with Crippen LogP contribution in [0.15, 0.2) is 41.2 Å². The van der Waals surface area contributed by atoms with Crippen LogP contribution in [-0.2, 0) is 20.7 Å². The minimum atomic E-state index is -0.676. The first-order valence-corrected chi connectivity index (χ1v) is 9.40. The topological polar surface area (TPSA) is 123 Å². The summed E-state index contributed by atoms with van der Waals surface area (Å²) >= 11 is 0. The largest absolute Gasteiger partial charge is 0.483 e. The SMILES string of the molecule is CC1(C)Cc2cccc(OCC(=O)OCC(=O)Nc3ccc4[nH]c(=O)[nH]c4c3)c2O1. The van der Waals surface area contributed by atoms with Crippen LogP contribution in [0.5, 0.6) is 11.5 Å². The van der Waals surface area contributed by atoms with E-state index in [1.807, 2.05) is 26.0 Å². The molecule has 0 fully saturated rings. The number of para-hydroxylation sites is 1. The molecule has 2 heterocycles. The van der Waals surface area contributed by atoms with Crippen LogP contribution in [0.3, 0.4) is 0 Å². The maximum Gasteiger partial charge on any atom is 0.344 e. The summed E-state index contributed by atoms with van der Waals surface area (Å²) in [5.74, 6) is -0.0868. The highest BCUT2D eigenvalue weighted by Gasteiger charge is 2.32. The highest BCUT2D eigenvalue weighted by Crippen LogP contribution is 2.41. The number of hydrogen-bond donors (Lipinski definition) is 3. The van der Waals surface area contributed by atoms with Crippen molar-refractivity contribution in [3.63, 3.8) is 0 Å². The summed E-state index contributed by atoms with van der Waals surface area (Å²) in [6.07, 6.45) is 0.757. The number of esters is 1. The van der Waals surface area contributed by atoms with E-state index in [1.165, 1.54) is 0 Å². The fourth-order valence-corrected chi connectivity index (χ4v) is 3.33. The summed E-state index contributed by atoms with van der Waals surface area (Å²) in [7, 11) is 0. The van der Waals surface area contributed by atoms with Crippen molar-refractivity contribution < 1.29 is 23.8 Å². The Hall–Kier alpha value is -3.75. The average Bonchev–Trinajstić information content (AvgIpc) is 3.21. The summed E-state index contributed by atoms with van der Waals surface area (Å²) in [6, 6.07) is 10.4. The van der Waals surface area contributed by atoms with E-state index in [9.17, 15) is 14.4 Å². The molecule has 3 aromatic rings. The molecular formula is C21H21N3O6. The molecule has 3 N–H and O–H groups in total. The van der Waals surface area contributed by atoms with Gasteiger partial charge in [0, 0.05) is 17.7 Å². The Kier molecular flexibility index (Phi) is 4.94. The number of H-pyrrole nitrogens is 2. The molecule has 0 spiro atoms. The zero-order valence-corrected chi connectivity index (χ0v) is 16.5. The summed E-state index contributed by atoms with van der Waals surface area (Å²) in [4.78, 5) is 40.5. The summed E-state index contributed by atoms with van der Waals surface area (Å²) < 4.78 is 16.4. The third-order valence-corrected chi connectivity index (χ3v) is 4.56. The van der Waals surface area contributed by atoms with Crippen LogP contribution in [0, 0.1) is 0 Å². The molecular weight excluding hydrogens is 390 g/mol. The lowest BCUT2D eigenvalue weighted by Crippen LogP contribution is -2.25. The van der Waals surface area contributed by atoms with Crippen LogP contribution in [0.1, 0.15) is 19.4 Å². The van der Waals surface area contributed by atoms with E-state index >= 15 is 0 Å². The van der Waals surface area contributed by atoms with Gasteiger partial charge < -0.3 is 29.5 Å². The molecule has 9 nitrogen and oxygen atoms in total. The highest BCUT2D eigenvalue weighted by atomic mass is 16.6. The Bertz CT molecular complexity index is 1180. The number of anilines is 1. The van der Waals surface area contributed by atoms with Crippen molar-refractivity contribution in [1.29, 1.82) is 0 Å². The predicted molar refractivity (Wildman–Crippen MR) is 109 cm³/mol. The second-order valence-corrected chi connectivity index (χ2v) is 7.62. The van der Waals surface area contributed by atoms with E-state index in [1.54, 1.807) is 24.3 Å². The normalized spacial score (nSPS) is 14.1. The van der Waals surface area contributed by atoms with E-state index in [2.05, 4.69) is 15.3 Å². The Morgan fingerprint density at radius 2 is 1.93 bits per heavy atom. The molecule has 0 atom stereocenters. The van der Waals surface area contributed by atoms with Crippen LogP contribution in [0.25, 0.3) is 11.0 Å². The maximum absolute atomic E-state index is 12.0. The molecule has 1 aliphatic rings. The Labute approximate surface area is 171 Å². The molecule has 156 valence electrons. The number of aromatic nitrogens is 2. The number of fused-ring (bicyclic) bond motifs is 2.